The van der Waals surface area contributed by atoms with Crippen LogP contribution in [0.15, 0.2) is 18.2 Å². The summed E-state index contributed by atoms with van der Waals surface area (Å²) in [7, 11) is -2.88. The number of nitrogens with zero attached hydrogens (tertiary/aromatic N) is 9. The Morgan fingerprint density at radius 1 is 0.909 bits per heavy atom. The molecule has 3 aromatic rings. The van der Waals surface area contributed by atoms with Crippen LogP contribution in [0.3, 0.4) is 0 Å². The number of sulfonamides is 1. The SMILES string of the molecule is COc1cccc2c1nc(C(F)F)n2-c1nc(N2CCOCC2)nc(N2CCN(S(=O)(=O)CCN3CCS(=O)CC3)CC2)n1. The van der Waals surface area contributed by atoms with Crippen molar-refractivity contribution in [1.82, 2.24) is 33.7 Å². The Morgan fingerprint density at radius 2 is 1.55 bits per heavy atom. The number of benzene rings is 1. The Kier molecular flexibility index (Phi) is 9.23. The molecule has 0 saturated carbocycles. The van der Waals surface area contributed by atoms with E-state index in [0.717, 1.165) is 0 Å². The summed E-state index contributed by atoms with van der Waals surface area (Å²) in [6, 6.07) is 4.99. The van der Waals surface area contributed by atoms with Crippen LogP contribution in [-0.4, -0.2) is 143 Å². The second-order valence-corrected chi connectivity index (χ2v) is 14.4. The summed E-state index contributed by atoms with van der Waals surface area (Å²) < 4.78 is 80.2. The zero-order chi connectivity index (χ0) is 30.8. The van der Waals surface area contributed by atoms with Gasteiger partial charge in [-0.05, 0) is 12.1 Å². The van der Waals surface area contributed by atoms with Gasteiger partial charge < -0.3 is 24.2 Å². The lowest BCUT2D eigenvalue weighted by atomic mass is 10.3. The minimum Gasteiger partial charge on any atom is -0.494 e. The summed E-state index contributed by atoms with van der Waals surface area (Å²) in [6.45, 7) is 4.72. The molecular formula is C26H35F2N9O5S2. The van der Waals surface area contributed by atoms with Gasteiger partial charge in [-0.15, -0.1) is 0 Å². The summed E-state index contributed by atoms with van der Waals surface area (Å²) in [6.07, 6.45) is -2.92. The zero-order valence-electron chi connectivity index (χ0n) is 24.3. The largest absolute Gasteiger partial charge is 0.494 e. The van der Waals surface area contributed by atoms with E-state index in [1.54, 1.807) is 18.2 Å². The fourth-order valence-electron chi connectivity index (χ4n) is 5.54. The number of hydrogen-bond donors (Lipinski definition) is 0. The van der Waals surface area contributed by atoms with Crippen LogP contribution in [-0.2, 0) is 25.6 Å². The number of imidazole rings is 1. The highest BCUT2D eigenvalue weighted by atomic mass is 32.2. The Morgan fingerprint density at radius 3 is 2.18 bits per heavy atom. The first-order chi connectivity index (χ1) is 21.2. The number of rotatable bonds is 9. The van der Waals surface area contributed by atoms with E-state index in [9.17, 15) is 21.4 Å². The quantitative estimate of drug-likeness (QED) is 0.318. The Bertz CT molecular complexity index is 1600. The predicted molar refractivity (Wildman–Crippen MR) is 161 cm³/mol. The first-order valence-corrected chi connectivity index (χ1v) is 17.6. The normalized spacial score (nSPS) is 19.7. The average Bonchev–Trinajstić information content (AvgIpc) is 3.45. The lowest BCUT2D eigenvalue weighted by molar-refractivity contribution is 0.122. The lowest BCUT2D eigenvalue weighted by Crippen LogP contribution is -2.51. The average molecular weight is 656 g/mol. The molecule has 2 aromatic heterocycles. The Labute approximate surface area is 256 Å². The van der Waals surface area contributed by atoms with Crippen molar-refractivity contribution in [2.45, 2.75) is 6.43 Å². The molecule has 0 N–H and O–H groups in total. The molecular weight excluding hydrogens is 620 g/mol. The maximum atomic E-state index is 14.3. The van der Waals surface area contributed by atoms with Gasteiger partial charge >= 0.3 is 0 Å². The van der Waals surface area contributed by atoms with Gasteiger partial charge in [0, 0.05) is 81.2 Å². The van der Waals surface area contributed by atoms with Gasteiger partial charge in [0.2, 0.25) is 27.9 Å². The molecule has 0 spiro atoms. The van der Waals surface area contributed by atoms with Crippen LogP contribution in [0, 0.1) is 0 Å². The molecule has 0 unspecified atom stereocenters. The molecule has 0 bridgehead atoms. The molecule has 3 aliphatic rings. The number of methoxy groups -OCH3 is 1. The van der Waals surface area contributed by atoms with Crippen molar-refractivity contribution < 1.29 is 30.9 Å². The van der Waals surface area contributed by atoms with Crippen LogP contribution in [0.25, 0.3) is 17.0 Å². The third kappa shape index (κ3) is 6.49. The fraction of sp³-hybridized carbons (Fsp3) is 0.615. The summed E-state index contributed by atoms with van der Waals surface area (Å²) in [5.41, 5.74) is 0.623. The van der Waals surface area contributed by atoms with Gasteiger partial charge in [-0.1, -0.05) is 6.07 Å². The van der Waals surface area contributed by atoms with Crippen LogP contribution in [0.5, 0.6) is 5.75 Å². The monoisotopic (exact) mass is 655 g/mol. The number of anilines is 2. The van der Waals surface area contributed by atoms with Crippen LogP contribution in [0.4, 0.5) is 20.7 Å². The molecule has 0 amide bonds. The molecule has 5 heterocycles. The summed E-state index contributed by atoms with van der Waals surface area (Å²) in [4.78, 5) is 23.9. The molecule has 18 heteroatoms. The fourth-order valence-corrected chi connectivity index (χ4v) is 8.14. The van der Waals surface area contributed by atoms with Gasteiger partial charge in [0.05, 0.1) is 31.6 Å². The smallest absolute Gasteiger partial charge is 0.296 e. The molecule has 0 atom stereocenters. The van der Waals surface area contributed by atoms with Crippen LogP contribution in [0.2, 0.25) is 0 Å². The zero-order valence-corrected chi connectivity index (χ0v) is 26.0. The number of halogens is 2. The molecule has 0 radical (unpaired) electrons. The number of aromatic nitrogens is 5. The van der Waals surface area contributed by atoms with E-state index in [4.69, 9.17) is 14.5 Å². The number of ether oxygens (including phenoxy) is 2. The molecule has 1 aromatic carbocycles. The van der Waals surface area contributed by atoms with Gasteiger partial charge in [-0.3, -0.25) is 8.78 Å². The number of fused-ring (bicyclic) bond motifs is 1. The van der Waals surface area contributed by atoms with E-state index >= 15 is 0 Å². The number of hydrogen-bond acceptors (Lipinski definition) is 12. The van der Waals surface area contributed by atoms with E-state index in [0.29, 0.717) is 87.7 Å². The Hall–Kier alpha value is -3.06. The van der Waals surface area contributed by atoms with Crippen molar-refractivity contribution in [2.75, 3.05) is 106 Å². The van der Waals surface area contributed by atoms with E-state index in [1.165, 1.54) is 16.0 Å². The van der Waals surface area contributed by atoms with Crippen molar-refractivity contribution >= 4 is 43.8 Å². The highest BCUT2D eigenvalue weighted by Gasteiger charge is 2.31. The number of morpholine rings is 1. The summed E-state index contributed by atoms with van der Waals surface area (Å²) in [5.74, 6) is 1.52. The lowest BCUT2D eigenvalue weighted by Gasteiger charge is -2.35. The van der Waals surface area contributed by atoms with Crippen molar-refractivity contribution in [2.24, 2.45) is 0 Å². The highest BCUT2D eigenvalue weighted by Crippen LogP contribution is 2.32. The summed E-state index contributed by atoms with van der Waals surface area (Å²) >= 11 is 0. The van der Waals surface area contributed by atoms with Crippen molar-refractivity contribution in [3.8, 4) is 11.7 Å². The predicted octanol–water partition coefficient (Wildman–Crippen LogP) is 0.509. The van der Waals surface area contributed by atoms with Crippen molar-refractivity contribution in [3.05, 3.63) is 24.0 Å². The molecule has 3 fully saturated rings. The van der Waals surface area contributed by atoms with Gasteiger partial charge in [-0.2, -0.15) is 19.3 Å². The first kappa shape index (κ1) is 30.9. The molecule has 3 aliphatic heterocycles. The summed E-state index contributed by atoms with van der Waals surface area (Å²) in [5, 5.41) is 0. The maximum absolute atomic E-state index is 14.3. The Balaban J connectivity index is 1.27. The molecule has 44 heavy (non-hydrogen) atoms. The topological polar surface area (TPSA) is 139 Å². The van der Waals surface area contributed by atoms with E-state index in [1.807, 2.05) is 14.7 Å². The third-order valence-corrected chi connectivity index (χ3v) is 11.2. The van der Waals surface area contributed by atoms with Gasteiger partial charge in [-0.25, -0.2) is 22.2 Å². The van der Waals surface area contributed by atoms with E-state index in [2.05, 4.69) is 15.0 Å². The highest BCUT2D eigenvalue weighted by molar-refractivity contribution is 7.89. The minimum atomic E-state index is -3.51. The number of para-hydroxylation sites is 1. The van der Waals surface area contributed by atoms with Crippen molar-refractivity contribution in [3.63, 3.8) is 0 Å². The second-order valence-electron chi connectivity index (χ2n) is 10.7. The second kappa shape index (κ2) is 13.1. The van der Waals surface area contributed by atoms with E-state index in [-0.39, 0.29) is 36.3 Å². The van der Waals surface area contributed by atoms with Crippen molar-refractivity contribution in [1.29, 1.82) is 0 Å². The minimum absolute atomic E-state index is 0.00963. The molecule has 240 valence electrons. The third-order valence-electron chi connectivity index (χ3n) is 8.03. The molecule has 6 rings (SSSR count). The molecule has 14 nitrogen and oxygen atoms in total. The standard InChI is InChI=1S/C26H35F2N9O5S2/c1-41-20-4-2-3-19-21(20)29-23(22(27)28)37(19)26-31-24(30-25(32-26)35-9-14-42-15-10-35)34-5-7-36(8-6-34)44(39,40)18-13-33-11-16-43(38)17-12-33/h2-4,22H,5-18H2,1H3. The van der Waals surface area contributed by atoms with Crippen LogP contribution >= 0.6 is 0 Å². The first-order valence-electron chi connectivity index (χ1n) is 14.5. The van der Waals surface area contributed by atoms with E-state index < -0.39 is 33.1 Å². The number of piperazine rings is 1. The van der Waals surface area contributed by atoms with Gasteiger partial charge in [0.25, 0.3) is 6.43 Å². The van der Waals surface area contributed by atoms with Gasteiger partial charge in [0.15, 0.2) is 5.82 Å². The van der Waals surface area contributed by atoms with Crippen LogP contribution < -0.4 is 14.5 Å². The molecule has 3 saturated heterocycles. The van der Waals surface area contributed by atoms with Gasteiger partial charge in [0.1, 0.15) is 11.3 Å². The maximum Gasteiger partial charge on any atom is 0.296 e. The molecule has 0 aliphatic carbocycles. The van der Waals surface area contributed by atoms with Crippen LogP contribution in [0.1, 0.15) is 12.2 Å². The number of alkyl halides is 2.